The van der Waals surface area contributed by atoms with Crippen LogP contribution in [0.1, 0.15) is 21.5 Å². The molecule has 8 heteroatoms. The third kappa shape index (κ3) is 6.24. The lowest BCUT2D eigenvalue weighted by atomic mass is 10.2. The van der Waals surface area contributed by atoms with Crippen molar-refractivity contribution in [1.29, 1.82) is 0 Å². The maximum Gasteiger partial charge on any atom is 0.261 e. The van der Waals surface area contributed by atoms with Crippen molar-refractivity contribution in [1.82, 2.24) is 4.98 Å². The van der Waals surface area contributed by atoms with Crippen molar-refractivity contribution < 1.29 is 13.2 Å². The Morgan fingerprint density at radius 2 is 1.56 bits per heavy atom. The standard InChI is InChI=1S/C26H23N3O3S2/c1-19-4-14-25(15-5-19)34(31,32)29-23-10-8-22(9-11-23)28-26(30)21-6-12-24(13-7-21)33-18-20-3-2-16-27-17-20/h2-17,29H,18H2,1H3,(H,28,30). The van der Waals surface area contributed by atoms with Crippen molar-refractivity contribution in [2.45, 2.75) is 22.5 Å². The predicted octanol–water partition coefficient (Wildman–Crippen LogP) is 5.74. The minimum Gasteiger partial charge on any atom is -0.322 e. The van der Waals surface area contributed by atoms with E-state index in [1.807, 2.05) is 37.4 Å². The number of hydrogen-bond acceptors (Lipinski definition) is 5. The fourth-order valence-electron chi connectivity index (χ4n) is 3.11. The van der Waals surface area contributed by atoms with Crippen LogP contribution < -0.4 is 10.0 Å². The Balaban J connectivity index is 1.34. The van der Waals surface area contributed by atoms with Crippen molar-refractivity contribution in [3.8, 4) is 0 Å². The molecule has 0 saturated carbocycles. The van der Waals surface area contributed by atoms with Gasteiger partial charge < -0.3 is 5.32 Å². The molecule has 0 unspecified atom stereocenters. The van der Waals surface area contributed by atoms with E-state index < -0.39 is 10.0 Å². The molecule has 4 aromatic rings. The Morgan fingerprint density at radius 3 is 2.21 bits per heavy atom. The molecule has 0 atom stereocenters. The van der Waals surface area contributed by atoms with Crippen LogP contribution in [0.5, 0.6) is 0 Å². The van der Waals surface area contributed by atoms with Crippen molar-refractivity contribution >= 4 is 39.1 Å². The van der Waals surface area contributed by atoms with Gasteiger partial charge in [-0.15, -0.1) is 11.8 Å². The SMILES string of the molecule is Cc1ccc(S(=O)(=O)Nc2ccc(NC(=O)c3ccc(SCc4cccnc4)cc3)cc2)cc1. The van der Waals surface area contributed by atoms with E-state index in [0.717, 1.165) is 21.8 Å². The van der Waals surface area contributed by atoms with Gasteiger partial charge in [-0.25, -0.2) is 8.42 Å². The second-order valence-electron chi connectivity index (χ2n) is 7.62. The zero-order valence-electron chi connectivity index (χ0n) is 18.4. The van der Waals surface area contributed by atoms with Crippen LogP contribution in [0, 0.1) is 6.92 Å². The van der Waals surface area contributed by atoms with E-state index in [1.165, 1.54) is 0 Å². The molecule has 1 amide bonds. The van der Waals surface area contributed by atoms with Gasteiger partial charge in [-0.05, 0) is 79.2 Å². The molecule has 0 saturated heterocycles. The highest BCUT2D eigenvalue weighted by molar-refractivity contribution is 7.98. The summed E-state index contributed by atoms with van der Waals surface area (Å²) >= 11 is 1.68. The molecule has 0 bridgehead atoms. The van der Waals surface area contributed by atoms with Gasteiger partial charge in [0, 0.05) is 40.0 Å². The van der Waals surface area contributed by atoms with Crippen LogP contribution in [0.3, 0.4) is 0 Å². The summed E-state index contributed by atoms with van der Waals surface area (Å²) in [5.41, 5.74) is 3.64. The molecule has 0 aliphatic heterocycles. The quantitative estimate of drug-likeness (QED) is 0.308. The van der Waals surface area contributed by atoms with Gasteiger partial charge in [0.1, 0.15) is 0 Å². The smallest absolute Gasteiger partial charge is 0.261 e. The number of carbonyl (C=O) groups excluding carboxylic acids is 1. The first-order valence-corrected chi connectivity index (χ1v) is 13.0. The number of nitrogens with one attached hydrogen (secondary N) is 2. The zero-order chi connectivity index (χ0) is 24.0. The van der Waals surface area contributed by atoms with Crippen molar-refractivity contribution in [2.24, 2.45) is 0 Å². The molecule has 1 aromatic heterocycles. The number of aromatic nitrogens is 1. The van der Waals surface area contributed by atoms with Gasteiger partial charge in [0.05, 0.1) is 4.90 Å². The number of rotatable bonds is 8. The van der Waals surface area contributed by atoms with Crippen LogP contribution in [0.4, 0.5) is 11.4 Å². The Morgan fingerprint density at radius 1 is 0.882 bits per heavy atom. The van der Waals surface area contributed by atoms with Gasteiger partial charge in [-0.3, -0.25) is 14.5 Å². The molecule has 172 valence electrons. The topological polar surface area (TPSA) is 88.2 Å². The highest BCUT2D eigenvalue weighted by Crippen LogP contribution is 2.23. The number of thioether (sulfide) groups is 1. The summed E-state index contributed by atoms with van der Waals surface area (Å²) in [5, 5.41) is 2.83. The third-order valence-corrected chi connectivity index (χ3v) is 7.45. The number of benzene rings is 3. The number of carbonyl (C=O) groups is 1. The lowest BCUT2D eigenvalue weighted by Crippen LogP contribution is -2.13. The summed E-state index contributed by atoms with van der Waals surface area (Å²) in [6.07, 6.45) is 3.59. The molecule has 0 radical (unpaired) electrons. The molecule has 0 aliphatic rings. The molecule has 6 nitrogen and oxygen atoms in total. The maximum absolute atomic E-state index is 12.6. The fraction of sp³-hybridized carbons (Fsp3) is 0.0769. The summed E-state index contributed by atoms with van der Waals surface area (Å²) in [6.45, 7) is 1.90. The van der Waals surface area contributed by atoms with E-state index >= 15 is 0 Å². The molecular weight excluding hydrogens is 466 g/mol. The highest BCUT2D eigenvalue weighted by Gasteiger charge is 2.14. The molecule has 1 heterocycles. The first-order chi connectivity index (χ1) is 16.4. The number of aryl methyl sites for hydroxylation is 1. The number of hydrogen-bond donors (Lipinski definition) is 2. The summed E-state index contributed by atoms with van der Waals surface area (Å²) in [7, 11) is -3.68. The largest absolute Gasteiger partial charge is 0.322 e. The molecule has 3 aromatic carbocycles. The summed E-state index contributed by atoms with van der Waals surface area (Å²) in [4.78, 5) is 18.0. The lowest BCUT2D eigenvalue weighted by Gasteiger charge is -2.10. The van der Waals surface area contributed by atoms with E-state index in [-0.39, 0.29) is 10.8 Å². The second kappa shape index (κ2) is 10.5. The Hall–Kier alpha value is -3.62. The van der Waals surface area contributed by atoms with Crippen molar-refractivity contribution in [3.05, 3.63) is 114 Å². The van der Waals surface area contributed by atoms with Crippen LogP contribution in [0.15, 0.2) is 107 Å². The van der Waals surface area contributed by atoms with Crippen LogP contribution >= 0.6 is 11.8 Å². The maximum atomic E-state index is 12.6. The van der Waals surface area contributed by atoms with E-state index in [0.29, 0.717) is 16.9 Å². The number of amides is 1. The Labute approximate surface area is 203 Å². The summed E-state index contributed by atoms with van der Waals surface area (Å²) < 4.78 is 27.6. The summed E-state index contributed by atoms with van der Waals surface area (Å²) in [5.74, 6) is 0.566. The average Bonchev–Trinajstić information content (AvgIpc) is 2.85. The molecular formula is C26H23N3O3S2. The second-order valence-corrected chi connectivity index (χ2v) is 10.4. The van der Waals surface area contributed by atoms with Crippen molar-refractivity contribution in [2.75, 3.05) is 10.0 Å². The minimum absolute atomic E-state index is 0.192. The van der Waals surface area contributed by atoms with Gasteiger partial charge in [-0.2, -0.15) is 0 Å². The highest BCUT2D eigenvalue weighted by atomic mass is 32.2. The monoisotopic (exact) mass is 489 g/mol. The normalized spacial score (nSPS) is 11.1. The number of anilines is 2. The molecule has 2 N–H and O–H groups in total. The van der Waals surface area contributed by atoms with Gasteiger partial charge in [-0.1, -0.05) is 23.8 Å². The predicted molar refractivity (Wildman–Crippen MR) is 137 cm³/mol. The molecule has 0 fully saturated rings. The Kier molecular flexibility index (Phi) is 7.30. The van der Waals surface area contributed by atoms with Gasteiger partial charge in [0.2, 0.25) is 0 Å². The first-order valence-electron chi connectivity index (χ1n) is 10.5. The van der Waals surface area contributed by atoms with Crippen LogP contribution in [0.2, 0.25) is 0 Å². The number of sulfonamides is 1. The van der Waals surface area contributed by atoms with E-state index in [2.05, 4.69) is 15.0 Å². The van der Waals surface area contributed by atoms with Crippen molar-refractivity contribution in [3.63, 3.8) is 0 Å². The van der Waals surface area contributed by atoms with Crippen LogP contribution in [-0.4, -0.2) is 19.3 Å². The molecule has 0 aliphatic carbocycles. The molecule has 4 rings (SSSR count). The van der Waals surface area contributed by atoms with E-state index in [1.54, 1.807) is 78.6 Å². The Bertz CT molecular complexity index is 1360. The third-order valence-electron chi connectivity index (χ3n) is 4.97. The lowest BCUT2D eigenvalue weighted by molar-refractivity contribution is 0.102. The van der Waals surface area contributed by atoms with Crippen LogP contribution in [0.25, 0.3) is 0 Å². The minimum atomic E-state index is -3.68. The summed E-state index contributed by atoms with van der Waals surface area (Å²) in [6, 6.07) is 24.5. The first kappa shape index (κ1) is 23.5. The van der Waals surface area contributed by atoms with E-state index in [4.69, 9.17) is 0 Å². The van der Waals surface area contributed by atoms with Crippen LogP contribution in [-0.2, 0) is 15.8 Å². The molecule has 0 spiro atoms. The fourth-order valence-corrected chi connectivity index (χ4v) is 5.00. The van der Waals surface area contributed by atoms with Gasteiger partial charge in [0.25, 0.3) is 15.9 Å². The van der Waals surface area contributed by atoms with Gasteiger partial charge >= 0.3 is 0 Å². The van der Waals surface area contributed by atoms with E-state index in [9.17, 15) is 13.2 Å². The zero-order valence-corrected chi connectivity index (χ0v) is 20.1. The number of pyridine rings is 1. The van der Waals surface area contributed by atoms with Gasteiger partial charge in [0.15, 0.2) is 0 Å². The molecule has 34 heavy (non-hydrogen) atoms. The average molecular weight is 490 g/mol. The number of nitrogens with zero attached hydrogens (tertiary/aromatic N) is 1.